The van der Waals surface area contributed by atoms with Crippen molar-refractivity contribution >= 4 is 17.3 Å². The first-order valence-electron chi connectivity index (χ1n) is 10.5. The average molecular weight is 435 g/mol. The maximum absolute atomic E-state index is 12.9. The SMILES string of the molecule is CCCCOc1ccc(NC(=O)CN2CCN(c3cccc(C(F)(F)F)c3)CC2)cc1. The van der Waals surface area contributed by atoms with Gasteiger partial charge in [0.25, 0.3) is 0 Å². The molecule has 0 saturated carbocycles. The number of benzene rings is 2. The number of nitrogens with one attached hydrogen (secondary N) is 1. The van der Waals surface area contributed by atoms with E-state index < -0.39 is 11.7 Å². The van der Waals surface area contributed by atoms with E-state index in [9.17, 15) is 18.0 Å². The standard InChI is InChI=1S/C23H28F3N3O2/c1-2-3-15-31-21-9-7-19(8-10-21)27-22(30)17-28-11-13-29(14-12-28)20-6-4-5-18(16-20)23(24,25)26/h4-10,16H,2-3,11-15,17H2,1H3,(H,27,30). The van der Waals surface area contributed by atoms with Crippen molar-refractivity contribution in [3.05, 3.63) is 54.1 Å². The Morgan fingerprint density at radius 3 is 2.42 bits per heavy atom. The number of rotatable bonds is 8. The largest absolute Gasteiger partial charge is 0.494 e. The maximum atomic E-state index is 12.9. The van der Waals surface area contributed by atoms with Gasteiger partial charge in [0, 0.05) is 37.6 Å². The molecule has 0 bridgehead atoms. The quantitative estimate of drug-likeness (QED) is 0.614. The van der Waals surface area contributed by atoms with Crippen molar-refractivity contribution < 1.29 is 22.7 Å². The van der Waals surface area contributed by atoms with Gasteiger partial charge in [0.05, 0.1) is 18.7 Å². The molecule has 1 amide bonds. The number of halogens is 3. The molecule has 5 nitrogen and oxygen atoms in total. The van der Waals surface area contributed by atoms with Gasteiger partial charge in [0.1, 0.15) is 5.75 Å². The van der Waals surface area contributed by atoms with Crippen LogP contribution in [0.3, 0.4) is 0 Å². The zero-order chi connectivity index (χ0) is 22.3. The number of alkyl halides is 3. The Balaban J connectivity index is 1.45. The van der Waals surface area contributed by atoms with E-state index in [0.29, 0.717) is 44.2 Å². The van der Waals surface area contributed by atoms with Gasteiger partial charge in [-0.2, -0.15) is 13.2 Å². The lowest BCUT2D eigenvalue weighted by Crippen LogP contribution is -2.48. The van der Waals surface area contributed by atoms with Crippen LogP contribution in [0.4, 0.5) is 24.5 Å². The van der Waals surface area contributed by atoms with Crippen LogP contribution in [-0.4, -0.2) is 50.1 Å². The average Bonchev–Trinajstić information content (AvgIpc) is 2.75. The first-order valence-corrected chi connectivity index (χ1v) is 10.5. The number of amides is 1. The summed E-state index contributed by atoms with van der Waals surface area (Å²) in [4.78, 5) is 16.3. The van der Waals surface area contributed by atoms with E-state index in [1.54, 1.807) is 6.07 Å². The van der Waals surface area contributed by atoms with Gasteiger partial charge < -0.3 is 15.0 Å². The van der Waals surface area contributed by atoms with E-state index >= 15 is 0 Å². The number of piperazine rings is 1. The molecule has 0 spiro atoms. The molecule has 0 aromatic heterocycles. The van der Waals surface area contributed by atoms with Crippen LogP contribution in [0.15, 0.2) is 48.5 Å². The fraction of sp³-hybridized carbons (Fsp3) is 0.435. The maximum Gasteiger partial charge on any atom is 0.416 e. The molecular weight excluding hydrogens is 407 g/mol. The molecule has 2 aromatic rings. The van der Waals surface area contributed by atoms with Gasteiger partial charge in [-0.3, -0.25) is 9.69 Å². The van der Waals surface area contributed by atoms with Gasteiger partial charge in [0.15, 0.2) is 0 Å². The van der Waals surface area contributed by atoms with Crippen molar-refractivity contribution in [1.29, 1.82) is 0 Å². The predicted molar refractivity (Wildman–Crippen MR) is 116 cm³/mol. The summed E-state index contributed by atoms with van der Waals surface area (Å²) in [6.45, 7) is 5.37. The molecule has 1 aliphatic rings. The smallest absolute Gasteiger partial charge is 0.416 e. The van der Waals surface area contributed by atoms with Crippen LogP contribution >= 0.6 is 0 Å². The minimum atomic E-state index is -4.35. The van der Waals surface area contributed by atoms with Crippen LogP contribution in [0, 0.1) is 0 Å². The number of carbonyl (C=O) groups is 1. The summed E-state index contributed by atoms with van der Waals surface area (Å²) >= 11 is 0. The third-order valence-corrected chi connectivity index (χ3v) is 5.18. The Kier molecular flexibility index (Phi) is 7.79. The molecule has 1 fully saturated rings. The molecule has 0 atom stereocenters. The van der Waals surface area contributed by atoms with Crippen molar-refractivity contribution in [3.63, 3.8) is 0 Å². The number of ether oxygens (including phenoxy) is 1. The molecule has 1 heterocycles. The highest BCUT2D eigenvalue weighted by Gasteiger charge is 2.31. The fourth-order valence-electron chi connectivity index (χ4n) is 3.42. The van der Waals surface area contributed by atoms with E-state index in [1.165, 1.54) is 12.1 Å². The summed E-state index contributed by atoms with van der Waals surface area (Å²) in [5, 5.41) is 2.88. The summed E-state index contributed by atoms with van der Waals surface area (Å²) in [6.07, 6.45) is -2.28. The molecule has 1 N–H and O–H groups in total. The lowest BCUT2D eigenvalue weighted by Gasteiger charge is -2.36. The zero-order valence-corrected chi connectivity index (χ0v) is 17.6. The summed E-state index contributed by atoms with van der Waals surface area (Å²) in [7, 11) is 0. The van der Waals surface area contributed by atoms with E-state index in [4.69, 9.17) is 4.74 Å². The highest BCUT2D eigenvalue weighted by molar-refractivity contribution is 5.92. The molecule has 0 radical (unpaired) electrons. The number of carbonyl (C=O) groups excluding carboxylic acids is 1. The normalized spacial score (nSPS) is 15.0. The van der Waals surface area contributed by atoms with Crippen LogP contribution in [0.1, 0.15) is 25.3 Å². The van der Waals surface area contributed by atoms with Crippen LogP contribution in [-0.2, 0) is 11.0 Å². The molecule has 168 valence electrons. The molecule has 31 heavy (non-hydrogen) atoms. The summed E-state index contributed by atoms with van der Waals surface area (Å²) in [6, 6.07) is 12.7. The number of nitrogens with zero attached hydrogens (tertiary/aromatic N) is 2. The fourth-order valence-corrected chi connectivity index (χ4v) is 3.42. The lowest BCUT2D eigenvalue weighted by molar-refractivity contribution is -0.137. The van der Waals surface area contributed by atoms with E-state index in [-0.39, 0.29) is 12.5 Å². The van der Waals surface area contributed by atoms with Crippen LogP contribution in [0.2, 0.25) is 0 Å². The minimum Gasteiger partial charge on any atom is -0.494 e. The second-order valence-electron chi connectivity index (χ2n) is 7.59. The number of anilines is 2. The van der Waals surface area contributed by atoms with Crippen molar-refractivity contribution in [2.24, 2.45) is 0 Å². The molecule has 0 aliphatic carbocycles. The first-order chi connectivity index (χ1) is 14.8. The summed E-state index contributed by atoms with van der Waals surface area (Å²) in [5.74, 6) is 0.657. The van der Waals surface area contributed by atoms with Crippen molar-refractivity contribution in [2.75, 3.05) is 49.5 Å². The molecule has 0 unspecified atom stereocenters. The molecule has 8 heteroatoms. The third-order valence-electron chi connectivity index (χ3n) is 5.18. The Labute approximate surface area is 180 Å². The molecule has 1 saturated heterocycles. The lowest BCUT2D eigenvalue weighted by atomic mass is 10.1. The molecule has 2 aromatic carbocycles. The Hall–Kier alpha value is -2.74. The summed E-state index contributed by atoms with van der Waals surface area (Å²) < 4.78 is 44.4. The predicted octanol–water partition coefficient (Wildman–Crippen LogP) is 4.65. The summed E-state index contributed by atoms with van der Waals surface area (Å²) in [5.41, 5.74) is 0.615. The van der Waals surface area contributed by atoms with Crippen LogP contribution in [0.25, 0.3) is 0 Å². The number of hydrogen-bond donors (Lipinski definition) is 1. The Morgan fingerprint density at radius 2 is 1.77 bits per heavy atom. The second kappa shape index (κ2) is 10.5. The van der Waals surface area contributed by atoms with Crippen molar-refractivity contribution in [3.8, 4) is 5.75 Å². The van der Waals surface area contributed by atoms with Gasteiger partial charge in [-0.05, 0) is 48.9 Å². The molecule has 3 rings (SSSR count). The number of hydrogen-bond acceptors (Lipinski definition) is 4. The first kappa shape index (κ1) is 22.9. The topological polar surface area (TPSA) is 44.8 Å². The van der Waals surface area contributed by atoms with Crippen molar-refractivity contribution in [1.82, 2.24) is 4.90 Å². The van der Waals surface area contributed by atoms with Crippen LogP contribution < -0.4 is 15.0 Å². The minimum absolute atomic E-state index is 0.118. The van der Waals surface area contributed by atoms with Gasteiger partial charge in [-0.25, -0.2) is 0 Å². The van der Waals surface area contributed by atoms with E-state index in [1.807, 2.05) is 34.1 Å². The van der Waals surface area contributed by atoms with Gasteiger partial charge in [-0.15, -0.1) is 0 Å². The Morgan fingerprint density at radius 1 is 1.06 bits per heavy atom. The zero-order valence-electron chi connectivity index (χ0n) is 17.6. The highest BCUT2D eigenvalue weighted by Crippen LogP contribution is 2.31. The van der Waals surface area contributed by atoms with Gasteiger partial charge in [-0.1, -0.05) is 19.4 Å². The molecule has 1 aliphatic heterocycles. The second-order valence-corrected chi connectivity index (χ2v) is 7.59. The van der Waals surface area contributed by atoms with Crippen LogP contribution in [0.5, 0.6) is 5.75 Å². The highest BCUT2D eigenvalue weighted by atomic mass is 19.4. The monoisotopic (exact) mass is 435 g/mol. The van der Waals surface area contributed by atoms with E-state index in [2.05, 4.69) is 12.2 Å². The third kappa shape index (κ3) is 6.89. The van der Waals surface area contributed by atoms with Gasteiger partial charge in [0.2, 0.25) is 5.91 Å². The van der Waals surface area contributed by atoms with E-state index in [0.717, 1.165) is 24.7 Å². The number of unbranched alkanes of at least 4 members (excludes halogenated alkanes) is 1. The van der Waals surface area contributed by atoms with Gasteiger partial charge >= 0.3 is 6.18 Å². The molecular formula is C23H28F3N3O2. The van der Waals surface area contributed by atoms with Crippen molar-refractivity contribution in [2.45, 2.75) is 25.9 Å². The Bertz CT molecular complexity index is 848.